The van der Waals surface area contributed by atoms with Crippen molar-refractivity contribution in [2.24, 2.45) is 0 Å². The van der Waals surface area contributed by atoms with E-state index in [9.17, 15) is 0 Å². The third-order valence-corrected chi connectivity index (χ3v) is 11.7. The number of allylic oxidation sites excluding steroid dienone is 4. The zero-order valence-corrected chi connectivity index (χ0v) is 33.6. The summed E-state index contributed by atoms with van der Waals surface area (Å²) in [6.07, 6.45) is 2.54. The molecule has 0 spiro atoms. The van der Waals surface area contributed by atoms with Crippen molar-refractivity contribution in [3.05, 3.63) is 152 Å². The molecule has 4 nitrogen and oxygen atoms in total. The summed E-state index contributed by atoms with van der Waals surface area (Å²) in [6, 6.07) is 30.3. The molecule has 270 valence electrons. The lowest BCUT2D eigenvalue weighted by molar-refractivity contribution is 0.115. The van der Waals surface area contributed by atoms with Crippen LogP contribution in [0.2, 0.25) is 0 Å². The second kappa shape index (κ2) is 13.7. The summed E-state index contributed by atoms with van der Waals surface area (Å²) >= 11 is 0. The van der Waals surface area contributed by atoms with Gasteiger partial charge < -0.3 is 19.6 Å². The molecule has 0 radical (unpaired) electrons. The van der Waals surface area contributed by atoms with Gasteiger partial charge in [-0.1, -0.05) is 90.0 Å². The largest absolute Gasteiger partial charge is 0.347 e. The van der Waals surface area contributed by atoms with Gasteiger partial charge in [0.1, 0.15) is 12.3 Å². The molecular formula is C48H58N4. The molecule has 1 aliphatic carbocycles. The fraction of sp³-hybridized carbons (Fsp3) is 0.375. The zero-order chi connectivity index (χ0) is 37.2. The van der Waals surface area contributed by atoms with Crippen molar-refractivity contribution in [1.82, 2.24) is 9.80 Å². The van der Waals surface area contributed by atoms with Gasteiger partial charge in [-0.3, -0.25) is 0 Å². The summed E-state index contributed by atoms with van der Waals surface area (Å²) in [7, 11) is 0. The minimum Gasteiger partial charge on any atom is -0.347 e. The Kier molecular flexibility index (Phi) is 9.40. The van der Waals surface area contributed by atoms with E-state index in [1.165, 1.54) is 89.6 Å². The van der Waals surface area contributed by atoms with Crippen LogP contribution in [0.1, 0.15) is 91.6 Å². The van der Waals surface area contributed by atoms with Crippen LogP contribution in [0.25, 0.3) is 11.1 Å². The van der Waals surface area contributed by atoms with E-state index in [1.807, 2.05) is 0 Å². The molecule has 0 atom stereocenters. The van der Waals surface area contributed by atoms with E-state index >= 15 is 0 Å². The first-order valence-corrected chi connectivity index (χ1v) is 19.3. The third-order valence-electron chi connectivity index (χ3n) is 11.7. The lowest BCUT2D eigenvalue weighted by atomic mass is 9.92. The summed E-state index contributed by atoms with van der Waals surface area (Å²) in [4.78, 5) is 11.0. The highest BCUT2D eigenvalue weighted by Crippen LogP contribution is 2.49. The first-order chi connectivity index (χ1) is 24.8. The summed E-state index contributed by atoms with van der Waals surface area (Å²) in [5.41, 5.74) is 21.5. The van der Waals surface area contributed by atoms with Gasteiger partial charge in [0.2, 0.25) is 0 Å². The van der Waals surface area contributed by atoms with Crippen LogP contribution in [-0.4, -0.2) is 47.3 Å². The Bertz CT molecular complexity index is 1980. The highest BCUT2D eigenvalue weighted by atomic mass is 15.5. The molecule has 0 aromatic heterocycles. The monoisotopic (exact) mass is 690 g/mol. The van der Waals surface area contributed by atoms with Crippen LogP contribution < -0.4 is 9.80 Å². The third kappa shape index (κ3) is 5.85. The molecule has 0 amide bonds. The van der Waals surface area contributed by atoms with E-state index in [2.05, 4.69) is 188 Å². The van der Waals surface area contributed by atoms with Crippen LogP contribution in [0.3, 0.4) is 0 Å². The molecular weight excluding hydrogens is 633 g/mol. The fourth-order valence-electron chi connectivity index (χ4n) is 9.96. The Hall–Kier alpha value is -4.70. The molecule has 4 aromatic carbocycles. The van der Waals surface area contributed by atoms with Crippen LogP contribution in [0.5, 0.6) is 0 Å². The molecule has 1 saturated heterocycles. The molecule has 2 aliphatic heterocycles. The van der Waals surface area contributed by atoms with Gasteiger partial charge in [-0.2, -0.15) is 0 Å². The van der Waals surface area contributed by atoms with Crippen LogP contribution in [0.15, 0.2) is 102 Å². The number of fused-ring (bicyclic) bond motifs is 1. The van der Waals surface area contributed by atoms with Crippen molar-refractivity contribution < 1.29 is 0 Å². The number of anilines is 2. The maximum atomic E-state index is 2.77. The summed E-state index contributed by atoms with van der Waals surface area (Å²) in [5, 5.41) is 0. The quantitative estimate of drug-likeness (QED) is 0.191. The maximum absolute atomic E-state index is 2.77. The van der Waals surface area contributed by atoms with Crippen LogP contribution >= 0.6 is 0 Å². The molecule has 7 rings (SSSR count). The summed E-state index contributed by atoms with van der Waals surface area (Å²) in [5.74, 6) is 0. The van der Waals surface area contributed by atoms with Crippen LogP contribution in [0.4, 0.5) is 11.4 Å². The number of nitrogens with zero attached hydrogens (tertiary/aromatic N) is 4. The van der Waals surface area contributed by atoms with Crippen LogP contribution in [0, 0.1) is 41.5 Å². The SMILES string of the molecule is CC1=C(C)N(C(C)C)C(/C(=C2/C=C(c3ccccc3)c3ccccc32)C2N(c3c(C)cc(C)cc3C)CCN2c2c(C)cc(C)cc2C)N1C(C)C. The van der Waals surface area contributed by atoms with Gasteiger partial charge in [-0.05, 0) is 139 Å². The zero-order valence-electron chi connectivity index (χ0n) is 33.6. The first-order valence-electron chi connectivity index (χ1n) is 19.3. The molecule has 0 saturated carbocycles. The van der Waals surface area contributed by atoms with Gasteiger partial charge in [-0.15, -0.1) is 0 Å². The standard InChI is InChI=1S/C48H58N4/c1-29(2)51-37(11)38(12)52(30(3)4)48(51)44(43-28-42(39-18-14-13-15-19-39)40-20-16-17-21-41(40)43)47-49(45-33(7)24-31(5)25-34(45)8)22-23-50(47)46-35(9)26-32(6)27-36(46)10/h13-21,24-30,47-48H,22-23H2,1-12H3/b44-43-. The number of hydrogen-bond donors (Lipinski definition) is 0. The average Bonchev–Trinajstić information content (AvgIpc) is 3.74. The topological polar surface area (TPSA) is 13.0 Å². The first kappa shape index (κ1) is 35.7. The van der Waals surface area contributed by atoms with Gasteiger partial charge >= 0.3 is 0 Å². The van der Waals surface area contributed by atoms with E-state index in [1.54, 1.807) is 0 Å². The molecule has 1 fully saturated rings. The molecule has 0 unspecified atom stereocenters. The predicted octanol–water partition coefficient (Wildman–Crippen LogP) is 11.1. The minimum atomic E-state index is -0.0270. The molecule has 3 aliphatic rings. The van der Waals surface area contributed by atoms with Gasteiger partial charge in [0.05, 0.1) is 0 Å². The fourth-order valence-corrected chi connectivity index (χ4v) is 9.96. The van der Waals surface area contributed by atoms with Crippen molar-refractivity contribution in [2.45, 2.75) is 108 Å². The van der Waals surface area contributed by atoms with E-state index in [0.29, 0.717) is 12.1 Å². The molecule has 0 N–H and O–H groups in total. The Morgan fingerprint density at radius 3 is 1.40 bits per heavy atom. The van der Waals surface area contributed by atoms with Crippen molar-refractivity contribution in [1.29, 1.82) is 0 Å². The van der Waals surface area contributed by atoms with Gasteiger partial charge in [0.25, 0.3) is 0 Å². The van der Waals surface area contributed by atoms with Gasteiger partial charge in [0.15, 0.2) is 0 Å². The van der Waals surface area contributed by atoms with E-state index in [0.717, 1.165) is 13.1 Å². The highest BCUT2D eigenvalue weighted by Gasteiger charge is 2.49. The maximum Gasteiger partial charge on any atom is 0.129 e. The molecule has 4 aromatic rings. The molecule has 0 bridgehead atoms. The molecule has 2 heterocycles. The van der Waals surface area contributed by atoms with Gasteiger partial charge in [-0.25, -0.2) is 0 Å². The Labute approximate surface area is 313 Å². The Balaban J connectivity index is 1.62. The minimum absolute atomic E-state index is 0.0270. The average molecular weight is 691 g/mol. The summed E-state index contributed by atoms with van der Waals surface area (Å²) in [6.45, 7) is 29.8. The molecule has 52 heavy (non-hydrogen) atoms. The van der Waals surface area contributed by atoms with E-state index in [-0.39, 0.29) is 12.3 Å². The molecule has 4 heteroatoms. The van der Waals surface area contributed by atoms with E-state index in [4.69, 9.17) is 0 Å². The predicted molar refractivity (Wildman–Crippen MR) is 223 cm³/mol. The van der Waals surface area contributed by atoms with Crippen molar-refractivity contribution >= 4 is 22.5 Å². The van der Waals surface area contributed by atoms with E-state index < -0.39 is 0 Å². The number of hydrogen-bond acceptors (Lipinski definition) is 4. The second-order valence-electron chi connectivity index (χ2n) is 16.1. The van der Waals surface area contributed by atoms with Crippen molar-refractivity contribution in [3.8, 4) is 0 Å². The van der Waals surface area contributed by atoms with Crippen molar-refractivity contribution in [2.75, 3.05) is 22.9 Å². The van der Waals surface area contributed by atoms with Crippen molar-refractivity contribution in [3.63, 3.8) is 0 Å². The van der Waals surface area contributed by atoms with Crippen LogP contribution in [-0.2, 0) is 0 Å². The Morgan fingerprint density at radius 1 is 0.538 bits per heavy atom. The number of benzene rings is 4. The number of rotatable bonds is 7. The lowest BCUT2D eigenvalue weighted by Gasteiger charge is -2.46. The second-order valence-corrected chi connectivity index (χ2v) is 16.1. The normalized spacial score (nSPS) is 17.8. The highest BCUT2D eigenvalue weighted by molar-refractivity contribution is 6.02. The van der Waals surface area contributed by atoms with Gasteiger partial charge in [0, 0.05) is 53.5 Å². The Morgan fingerprint density at radius 2 is 0.962 bits per heavy atom. The lowest BCUT2D eigenvalue weighted by Crippen LogP contribution is -2.54. The number of aryl methyl sites for hydroxylation is 6. The smallest absolute Gasteiger partial charge is 0.129 e. The summed E-state index contributed by atoms with van der Waals surface area (Å²) < 4.78 is 0.